The fraction of sp³-hybridized carbons (Fsp3) is 0.323. The van der Waals surface area contributed by atoms with Crippen LogP contribution in [0.2, 0.25) is 0 Å². The molecule has 7 rings (SSSR count). The Balaban J connectivity index is 1.13. The lowest BCUT2D eigenvalue weighted by atomic mass is 9.54. The molecule has 4 aliphatic rings. The van der Waals surface area contributed by atoms with Gasteiger partial charge < -0.3 is 4.74 Å². The first-order chi connectivity index (χ1) is 18.8. The van der Waals surface area contributed by atoms with E-state index in [-0.39, 0.29) is 31.4 Å². The highest BCUT2D eigenvalue weighted by Crippen LogP contribution is 2.69. The van der Waals surface area contributed by atoms with Crippen LogP contribution in [-0.4, -0.2) is 29.2 Å². The summed E-state index contributed by atoms with van der Waals surface area (Å²) in [6.45, 7) is 0.109. The molecule has 1 heterocycles. The standard InChI is InChI=1S/C31H26Cl2FNO4/c32-30-20-11-4-5-12-21(20)31(33,23-14-7-6-13-22(23)30)27-26(30)28(37)35(29(27)38)17-9-1-2-16-25(36)39-18-19-10-3-8-15-24(19)34/h3-8,10-15,26-27H,1-2,9,16-18H2/t26-,27-,30?,31?/m1/s1. The van der Waals surface area contributed by atoms with E-state index in [1.165, 1.54) is 11.0 Å². The summed E-state index contributed by atoms with van der Waals surface area (Å²) in [5.41, 5.74) is 3.43. The van der Waals surface area contributed by atoms with Gasteiger partial charge in [0.05, 0.1) is 11.8 Å². The molecule has 5 nitrogen and oxygen atoms in total. The quantitative estimate of drug-likeness (QED) is 0.145. The van der Waals surface area contributed by atoms with Gasteiger partial charge in [-0.25, -0.2) is 4.39 Å². The van der Waals surface area contributed by atoms with Gasteiger partial charge in [0.2, 0.25) is 11.8 Å². The fourth-order valence-corrected chi connectivity index (χ4v) is 7.60. The fourth-order valence-electron chi connectivity index (χ4n) is 6.51. The molecule has 2 atom stereocenters. The highest BCUT2D eigenvalue weighted by atomic mass is 35.5. The summed E-state index contributed by atoms with van der Waals surface area (Å²) in [5, 5.41) is 0. The Bertz CT molecular complexity index is 1370. The molecule has 0 spiro atoms. The number of hydrogen-bond donors (Lipinski definition) is 0. The van der Waals surface area contributed by atoms with Gasteiger partial charge in [-0.3, -0.25) is 19.3 Å². The van der Waals surface area contributed by atoms with Crippen molar-refractivity contribution in [3.8, 4) is 0 Å². The minimum Gasteiger partial charge on any atom is -0.461 e. The smallest absolute Gasteiger partial charge is 0.306 e. The van der Waals surface area contributed by atoms with Crippen molar-refractivity contribution in [1.82, 2.24) is 4.90 Å². The minimum absolute atomic E-state index is 0.115. The third kappa shape index (κ3) is 3.83. The van der Waals surface area contributed by atoms with Crippen molar-refractivity contribution in [1.29, 1.82) is 0 Å². The lowest BCUT2D eigenvalue weighted by Gasteiger charge is -2.54. The molecule has 3 aliphatic carbocycles. The number of carbonyl (C=O) groups is 3. The molecule has 1 saturated heterocycles. The van der Waals surface area contributed by atoms with Crippen LogP contribution in [0.25, 0.3) is 0 Å². The summed E-state index contributed by atoms with van der Waals surface area (Å²) in [4.78, 5) is 38.6. The maximum atomic E-state index is 13.8. The van der Waals surface area contributed by atoms with Gasteiger partial charge in [-0.1, -0.05) is 73.2 Å². The first-order valence-corrected chi connectivity index (χ1v) is 13.9. The predicted molar refractivity (Wildman–Crippen MR) is 145 cm³/mol. The van der Waals surface area contributed by atoms with E-state index in [9.17, 15) is 18.8 Å². The van der Waals surface area contributed by atoms with E-state index < -0.39 is 33.4 Å². The van der Waals surface area contributed by atoms with Crippen LogP contribution < -0.4 is 0 Å². The number of esters is 1. The van der Waals surface area contributed by atoms with Crippen LogP contribution in [0.1, 0.15) is 53.5 Å². The van der Waals surface area contributed by atoms with Gasteiger partial charge in [-0.05, 0) is 41.2 Å². The summed E-state index contributed by atoms with van der Waals surface area (Å²) >= 11 is 14.8. The zero-order valence-corrected chi connectivity index (χ0v) is 22.6. The molecule has 0 aromatic heterocycles. The molecule has 1 fully saturated rings. The third-order valence-electron chi connectivity index (χ3n) is 8.29. The number of amides is 2. The van der Waals surface area contributed by atoms with Crippen molar-refractivity contribution < 1.29 is 23.5 Å². The van der Waals surface area contributed by atoms with Crippen molar-refractivity contribution in [3.05, 3.63) is 106 Å². The maximum Gasteiger partial charge on any atom is 0.306 e. The topological polar surface area (TPSA) is 63.7 Å². The Morgan fingerprint density at radius 3 is 1.77 bits per heavy atom. The second-order valence-electron chi connectivity index (χ2n) is 10.4. The predicted octanol–water partition coefficient (Wildman–Crippen LogP) is 6.02. The number of carbonyl (C=O) groups excluding carboxylic acids is 3. The van der Waals surface area contributed by atoms with Crippen molar-refractivity contribution in [2.45, 2.75) is 42.0 Å². The number of ether oxygens (including phenoxy) is 1. The molecule has 0 N–H and O–H groups in total. The average Bonchev–Trinajstić information content (AvgIpc) is 3.21. The number of imide groups is 1. The van der Waals surface area contributed by atoms with Gasteiger partial charge in [-0.15, -0.1) is 23.2 Å². The molecule has 2 bridgehead atoms. The number of rotatable bonds is 8. The second-order valence-corrected chi connectivity index (χ2v) is 11.6. The van der Waals surface area contributed by atoms with Gasteiger partial charge in [-0.2, -0.15) is 0 Å². The zero-order chi connectivity index (χ0) is 27.4. The Morgan fingerprint density at radius 1 is 0.769 bits per heavy atom. The van der Waals surface area contributed by atoms with Crippen LogP contribution >= 0.6 is 23.2 Å². The van der Waals surface area contributed by atoms with E-state index >= 15 is 0 Å². The lowest BCUT2D eigenvalue weighted by Crippen LogP contribution is -2.57. The van der Waals surface area contributed by atoms with E-state index in [0.29, 0.717) is 24.8 Å². The molecule has 200 valence electrons. The molecule has 0 saturated carbocycles. The summed E-state index contributed by atoms with van der Waals surface area (Å²) in [7, 11) is 0. The monoisotopic (exact) mass is 565 g/mol. The van der Waals surface area contributed by atoms with Crippen LogP contribution in [0.3, 0.4) is 0 Å². The van der Waals surface area contributed by atoms with Gasteiger partial charge in [0, 0.05) is 18.5 Å². The van der Waals surface area contributed by atoms with Crippen LogP contribution in [0.15, 0.2) is 72.8 Å². The van der Waals surface area contributed by atoms with Crippen LogP contribution in [-0.2, 0) is 35.5 Å². The van der Waals surface area contributed by atoms with E-state index in [4.69, 9.17) is 27.9 Å². The van der Waals surface area contributed by atoms with Crippen LogP contribution in [0, 0.1) is 17.7 Å². The van der Waals surface area contributed by atoms with Crippen LogP contribution in [0.5, 0.6) is 0 Å². The maximum absolute atomic E-state index is 13.8. The highest BCUT2D eigenvalue weighted by Gasteiger charge is 2.72. The zero-order valence-electron chi connectivity index (χ0n) is 21.0. The lowest BCUT2D eigenvalue weighted by molar-refractivity contribution is -0.145. The Kier molecular flexibility index (Phi) is 6.51. The largest absolute Gasteiger partial charge is 0.461 e. The normalized spacial score (nSPS) is 26.3. The Hall–Kier alpha value is -3.22. The minimum atomic E-state index is -1.18. The van der Waals surface area contributed by atoms with Crippen molar-refractivity contribution in [2.24, 2.45) is 11.8 Å². The number of alkyl halides is 2. The van der Waals surface area contributed by atoms with E-state index in [2.05, 4.69) is 0 Å². The summed E-state index contributed by atoms with van der Waals surface area (Å²) < 4.78 is 18.9. The third-order valence-corrected chi connectivity index (χ3v) is 9.57. The molecule has 2 amide bonds. The molecule has 0 unspecified atom stereocenters. The average molecular weight is 566 g/mol. The molecule has 0 radical (unpaired) electrons. The van der Waals surface area contributed by atoms with Gasteiger partial charge in [0.15, 0.2) is 0 Å². The summed E-state index contributed by atoms with van der Waals surface area (Å²) in [6, 6.07) is 21.3. The molecular formula is C31H26Cl2FNO4. The van der Waals surface area contributed by atoms with E-state index in [0.717, 1.165) is 22.3 Å². The molecular weight excluding hydrogens is 540 g/mol. The number of likely N-dealkylation sites (tertiary alicyclic amines) is 1. The van der Waals surface area contributed by atoms with E-state index in [1.807, 2.05) is 48.5 Å². The first kappa shape index (κ1) is 26.0. The Labute approximate surface area is 235 Å². The van der Waals surface area contributed by atoms with Crippen molar-refractivity contribution in [3.63, 3.8) is 0 Å². The second kappa shape index (κ2) is 9.76. The van der Waals surface area contributed by atoms with Gasteiger partial charge in [0.25, 0.3) is 0 Å². The molecule has 8 heteroatoms. The van der Waals surface area contributed by atoms with E-state index in [1.54, 1.807) is 18.2 Å². The highest BCUT2D eigenvalue weighted by molar-refractivity contribution is 6.36. The van der Waals surface area contributed by atoms with Gasteiger partial charge >= 0.3 is 5.97 Å². The molecule has 39 heavy (non-hydrogen) atoms. The number of unbranched alkanes of at least 4 members (excludes halogenated alkanes) is 2. The molecule has 3 aromatic carbocycles. The number of halogens is 3. The summed E-state index contributed by atoms with van der Waals surface area (Å²) in [6.07, 6.45) is 1.83. The van der Waals surface area contributed by atoms with Crippen LogP contribution in [0.4, 0.5) is 4.39 Å². The molecule has 3 aromatic rings. The first-order valence-electron chi connectivity index (χ1n) is 13.1. The van der Waals surface area contributed by atoms with Crippen molar-refractivity contribution in [2.75, 3.05) is 6.54 Å². The SMILES string of the molecule is O=C(CCCCCN1C(=O)[C@H]2[C@H](C1=O)C1(Cl)c3ccccc3C2(Cl)c2ccccc21)OCc1ccccc1F. The molecule has 1 aliphatic heterocycles. The number of benzene rings is 3. The number of nitrogens with zero attached hydrogens (tertiary/aromatic N) is 1. The van der Waals surface area contributed by atoms with Crippen molar-refractivity contribution >= 4 is 41.0 Å². The number of hydrogen-bond acceptors (Lipinski definition) is 4. The van der Waals surface area contributed by atoms with Gasteiger partial charge in [0.1, 0.15) is 22.2 Å². The Morgan fingerprint density at radius 2 is 1.26 bits per heavy atom. The summed E-state index contributed by atoms with van der Waals surface area (Å²) in [5.74, 6) is -3.05.